The third-order valence-corrected chi connectivity index (χ3v) is 5.79. The average Bonchev–Trinajstić information content (AvgIpc) is 3.21. The molecule has 4 nitrogen and oxygen atoms in total. The molecule has 3 N–H and O–H groups in total. The molecule has 0 spiro atoms. The lowest BCUT2D eigenvalue weighted by Crippen LogP contribution is -2.22. The van der Waals surface area contributed by atoms with Gasteiger partial charge in [-0.2, -0.15) is 0 Å². The Morgan fingerprint density at radius 3 is 2.32 bits per heavy atom. The number of nitrogens with two attached hydrogens (primary N) is 1. The minimum Gasteiger partial charge on any atom is -0.325 e. The number of benzene rings is 2. The van der Waals surface area contributed by atoms with Gasteiger partial charge in [0.25, 0.3) is 10.0 Å². The fraction of sp³-hybridized carbons (Fsp3) is 0.294. The first-order valence-corrected chi connectivity index (χ1v) is 8.90. The summed E-state index contributed by atoms with van der Waals surface area (Å²) in [4.78, 5) is 0.258. The van der Waals surface area contributed by atoms with E-state index in [1.807, 2.05) is 12.1 Å². The largest absolute Gasteiger partial charge is 0.325 e. The van der Waals surface area contributed by atoms with E-state index < -0.39 is 10.0 Å². The highest BCUT2D eigenvalue weighted by atomic mass is 32.2. The number of sulfonamides is 1. The molecule has 0 amide bonds. The van der Waals surface area contributed by atoms with Crippen molar-refractivity contribution in [3.8, 4) is 0 Å². The molecule has 2 aromatic rings. The minimum absolute atomic E-state index is 0.0783. The third-order valence-electron chi connectivity index (χ3n) is 4.40. The molecule has 0 radical (unpaired) electrons. The topological polar surface area (TPSA) is 72.2 Å². The van der Waals surface area contributed by atoms with E-state index in [9.17, 15) is 8.42 Å². The zero-order chi connectivity index (χ0) is 15.8. The molecular formula is C17H20N2O2S. The number of hydrogen-bond acceptors (Lipinski definition) is 3. The van der Waals surface area contributed by atoms with Gasteiger partial charge in [-0.1, -0.05) is 37.3 Å². The van der Waals surface area contributed by atoms with E-state index in [0.717, 1.165) is 12.8 Å². The van der Waals surface area contributed by atoms with E-state index in [0.29, 0.717) is 11.6 Å². The van der Waals surface area contributed by atoms with Gasteiger partial charge in [0, 0.05) is 17.1 Å². The molecule has 5 heteroatoms. The molecule has 0 unspecified atom stereocenters. The first-order chi connectivity index (χ1) is 10.4. The second-order valence-electron chi connectivity index (χ2n) is 5.88. The van der Waals surface area contributed by atoms with E-state index in [1.54, 1.807) is 42.5 Å². The SMILES string of the molecule is CC[C@]1(N)C[C@H]1c1ccc(NS(=O)(=O)c2ccccc2)cc1. The zero-order valence-electron chi connectivity index (χ0n) is 12.5. The maximum absolute atomic E-state index is 12.3. The van der Waals surface area contributed by atoms with E-state index in [1.165, 1.54) is 5.56 Å². The van der Waals surface area contributed by atoms with Crippen LogP contribution in [0.3, 0.4) is 0 Å². The van der Waals surface area contributed by atoms with E-state index in [2.05, 4.69) is 11.6 Å². The maximum Gasteiger partial charge on any atom is 0.261 e. The molecular weight excluding hydrogens is 296 g/mol. The lowest BCUT2D eigenvalue weighted by Gasteiger charge is -2.10. The highest BCUT2D eigenvalue weighted by Crippen LogP contribution is 2.51. The molecule has 3 rings (SSSR count). The maximum atomic E-state index is 12.3. The first kappa shape index (κ1) is 15.1. The Labute approximate surface area is 131 Å². The van der Waals surface area contributed by atoms with Crippen LogP contribution in [0.1, 0.15) is 31.2 Å². The second-order valence-corrected chi connectivity index (χ2v) is 7.57. The molecule has 0 heterocycles. The van der Waals surface area contributed by atoms with Gasteiger partial charge in [0.2, 0.25) is 0 Å². The second kappa shape index (κ2) is 5.41. The Bertz CT molecular complexity index is 757. The van der Waals surface area contributed by atoms with Crippen LogP contribution in [0.5, 0.6) is 0 Å². The molecule has 1 fully saturated rings. The molecule has 0 saturated heterocycles. The van der Waals surface area contributed by atoms with E-state index in [-0.39, 0.29) is 10.4 Å². The van der Waals surface area contributed by atoms with Gasteiger partial charge >= 0.3 is 0 Å². The van der Waals surface area contributed by atoms with Crippen LogP contribution in [0.2, 0.25) is 0 Å². The van der Waals surface area contributed by atoms with Crippen molar-refractivity contribution < 1.29 is 8.42 Å². The minimum atomic E-state index is -3.53. The summed E-state index contributed by atoms with van der Waals surface area (Å²) in [5, 5.41) is 0. The molecule has 0 aromatic heterocycles. The van der Waals surface area contributed by atoms with Crippen molar-refractivity contribution in [3.05, 3.63) is 60.2 Å². The average molecular weight is 316 g/mol. The lowest BCUT2D eigenvalue weighted by molar-refractivity contribution is 0.601. The van der Waals surface area contributed by atoms with Crippen LogP contribution in [-0.2, 0) is 10.0 Å². The highest BCUT2D eigenvalue weighted by Gasteiger charge is 2.49. The Hall–Kier alpha value is -1.85. The fourth-order valence-electron chi connectivity index (χ4n) is 2.76. The predicted molar refractivity (Wildman–Crippen MR) is 88.3 cm³/mol. The molecule has 1 aliphatic rings. The van der Waals surface area contributed by atoms with Crippen molar-refractivity contribution in [2.24, 2.45) is 5.73 Å². The fourth-order valence-corrected chi connectivity index (χ4v) is 3.84. The molecule has 1 saturated carbocycles. The monoisotopic (exact) mass is 316 g/mol. The van der Waals surface area contributed by atoms with Gasteiger partial charge in [0.1, 0.15) is 0 Å². The van der Waals surface area contributed by atoms with Gasteiger partial charge in [0.15, 0.2) is 0 Å². The summed E-state index contributed by atoms with van der Waals surface area (Å²) in [6.45, 7) is 2.10. The Kier molecular flexibility index (Phi) is 3.70. The van der Waals surface area contributed by atoms with Gasteiger partial charge in [-0.05, 0) is 42.7 Å². The van der Waals surface area contributed by atoms with Crippen molar-refractivity contribution in [1.82, 2.24) is 0 Å². The first-order valence-electron chi connectivity index (χ1n) is 7.41. The smallest absolute Gasteiger partial charge is 0.261 e. The lowest BCUT2D eigenvalue weighted by atomic mass is 10.0. The van der Waals surface area contributed by atoms with Crippen molar-refractivity contribution in [2.75, 3.05) is 4.72 Å². The summed E-state index contributed by atoms with van der Waals surface area (Å²) in [6.07, 6.45) is 1.96. The number of nitrogens with one attached hydrogen (secondary N) is 1. The molecule has 22 heavy (non-hydrogen) atoms. The molecule has 0 aliphatic heterocycles. The molecule has 0 bridgehead atoms. The van der Waals surface area contributed by atoms with Gasteiger partial charge < -0.3 is 5.73 Å². The molecule has 2 atom stereocenters. The van der Waals surface area contributed by atoms with Crippen molar-refractivity contribution in [1.29, 1.82) is 0 Å². The zero-order valence-corrected chi connectivity index (χ0v) is 13.3. The summed E-state index contributed by atoms with van der Waals surface area (Å²) in [5.41, 5.74) is 7.88. The standard InChI is InChI=1S/C17H20N2O2S/c1-2-17(18)12-16(17)13-8-10-14(11-9-13)19-22(20,21)15-6-4-3-5-7-15/h3-11,16,19H,2,12,18H2,1H3/t16-,17-/m0/s1. The van der Waals surface area contributed by atoms with Crippen LogP contribution >= 0.6 is 0 Å². The summed E-state index contributed by atoms with van der Waals surface area (Å²) < 4.78 is 27.1. The van der Waals surface area contributed by atoms with Crippen LogP contribution in [0.4, 0.5) is 5.69 Å². The normalized spacial score (nSPS) is 24.0. The van der Waals surface area contributed by atoms with Crippen molar-refractivity contribution in [3.63, 3.8) is 0 Å². The summed E-state index contributed by atoms with van der Waals surface area (Å²) >= 11 is 0. The van der Waals surface area contributed by atoms with Crippen LogP contribution in [0.15, 0.2) is 59.5 Å². The van der Waals surface area contributed by atoms with Crippen LogP contribution in [0.25, 0.3) is 0 Å². The third kappa shape index (κ3) is 2.87. The van der Waals surface area contributed by atoms with Crippen LogP contribution < -0.4 is 10.5 Å². The Morgan fingerprint density at radius 2 is 1.77 bits per heavy atom. The summed E-state index contributed by atoms with van der Waals surface area (Å²) in [6, 6.07) is 15.8. The van der Waals surface area contributed by atoms with E-state index in [4.69, 9.17) is 5.73 Å². The van der Waals surface area contributed by atoms with Gasteiger partial charge in [-0.15, -0.1) is 0 Å². The van der Waals surface area contributed by atoms with Crippen LogP contribution in [0, 0.1) is 0 Å². The van der Waals surface area contributed by atoms with Crippen molar-refractivity contribution in [2.45, 2.75) is 36.1 Å². The Balaban J connectivity index is 1.75. The number of anilines is 1. The van der Waals surface area contributed by atoms with E-state index >= 15 is 0 Å². The number of hydrogen-bond donors (Lipinski definition) is 2. The Morgan fingerprint density at radius 1 is 1.14 bits per heavy atom. The van der Waals surface area contributed by atoms with Crippen LogP contribution in [-0.4, -0.2) is 14.0 Å². The van der Waals surface area contributed by atoms with Crippen molar-refractivity contribution >= 4 is 15.7 Å². The molecule has 2 aromatic carbocycles. The van der Waals surface area contributed by atoms with Gasteiger partial charge in [-0.3, -0.25) is 4.72 Å². The van der Waals surface area contributed by atoms with Gasteiger partial charge in [0.05, 0.1) is 4.90 Å². The quantitative estimate of drug-likeness (QED) is 0.890. The summed E-state index contributed by atoms with van der Waals surface area (Å²) in [7, 11) is -3.53. The molecule has 1 aliphatic carbocycles. The number of rotatable bonds is 5. The summed E-state index contributed by atoms with van der Waals surface area (Å²) in [5.74, 6) is 0.386. The van der Waals surface area contributed by atoms with Gasteiger partial charge in [-0.25, -0.2) is 8.42 Å². The molecule has 116 valence electrons. The predicted octanol–water partition coefficient (Wildman–Crippen LogP) is 3.08. The highest BCUT2D eigenvalue weighted by molar-refractivity contribution is 7.92.